The smallest absolute Gasteiger partial charge is 0.259 e. The minimum absolute atomic E-state index is 0.127. The lowest BCUT2D eigenvalue weighted by Gasteiger charge is -2.17. The third kappa shape index (κ3) is 4.13. The van der Waals surface area contributed by atoms with Gasteiger partial charge in [-0.3, -0.25) is 24.2 Å². The van der Waals surface area contributed by atoms with Crippen molar-refractivity contribution in [1.82, 2.24) is 9.80 Å². The fraction of sp³-hybridized carbons (Fsp3) is 0.273. The van der Waals surface area contributed by atoms with Crippen molar-refractivity contribution in [2.24, 2.45) is 4.99 Å². The molecule has 6 nitrogen and oxygen atoms in total. The number of likely N-dealkylation sites (tertiary alicyclic amines) is 1. The van der Waals surface area contributed by atoms with Gasteiger partial charge in [-0.2, -0.15) is 0 Å². The highest BCUT2D eigenvalue weighted by atomic mass is 35.5. The summed E-state index contributed by atoms with van der Waals surface area (Å²) in [6.07, 6.45) is 0.548. The van der Waals surface area contributed by atoms with Crippen LogP contribution in [0.25, 0.3) is 0 Å². The molecule has 2 aromatic carbocycles. The molecule has 30 heavy (non-hydrogen) atoms. The monoisotopic (exact) mass is 441 g/mol. The molecule has 2 aliphatic heterocycles. The van der Waals surface area contributed by atoms with Crippen molar-refractivity contribution >= 4 is 51.9 Å². The summed E-state index contributed by atoms with van der Waals surface area (Å²) >= 11 is 7.72. The van der Waals surface area contributed by atoms with E-state index in [9.17, 15) is 14.4 Å². The van der Waals surface area contributed by atoms with Crippen LogP contribution in [0, 0.1) is 6.92 Å². The van der Waals surface area contributed by atoms with Gasteiger partial charge in [0.25, 0.3) is 5.91 Å². The maximum Gasteiger partial charge on any atom is 0.259 e. The number of imide groups is 1. The largest absolute Gasteiger partial charge is 0.286 e. The average molecular weight is 442 g/mol. The van der Waals surface area contributed by atoms with Gasteiger partial charge in [-0.15, -0.1) is 0 Å². The molecule has 2 heterocycles. The number of aliphatic imine (C=N–C) groups is 1. The van der Waals surface area contributed by atoms with Crippen LogP contribution >= 0.6 is 23.4 Å². The van der Waals surface area contributed by atoms with Crippen molar-refractivity contribution < 1.29 is 14.4 Å². The number of carbonyl (C=O) groups excluding carboxylic acids is 3. The molecule has 2 fully saturated rings. The van der Waals surface area contributed by atoms with Crippen molar-refractivity contribution in [2.45, 2.75) is 26.3 Å². The van der Waals surface area contributed by atoms with E-state index in [-0.39, 0.29) is 37.1 Å². The molecule has 0 aromatic heterocycles. The standard InChI is InChI=1S/C22H20ClN3O3S/c1-14-17(23)3-2-4-18(14)24-22-25(11-12-30-22)21(29)16-7-5-15(6-8-16)13-26-19(27)9-10-20(26)28/h2-8H,9-13H2,1H3. The summed E-state index contributed by atoms with van der Waals surface area (Å²) in [6.45, 7) is 2.73. The zero-order chi connectivity index (χ0) is 21.3. The number of benzene rings is 2. The molecule has 3 amide bonds. The number of rotatable bonds is 4. The van der Waals surface area contributed by atoms with Gasteiger partial charge in [-0.25, -0.2) is 4.99 Å². The molecular weight excluding hydrogens is 422 g/mol. The van der Waals surface area contributed by atoms with Crippen LogP contribution < -0.4 is 0 Å². The van der Waals surface area contributed by atoms with E-state index in [1.807, 2.05) is 25.1 Å². The first kappa shape index (κ1) is 20.6. The van der Waals surface area contributed by atoms with Gasteiger partial charge in [0.1, 0.15) is 0 Å². The average Bonchev–Trinajstić information content (AvgIpc) is 3.33. The lowest BCUT2D eigenvalue weighted by molar-refractivity contribution is -0.139. The van der Waals surface area contributed by atoms with Crippen LogP contribution in [0.1, 0.15) is 34.3 Å². The Balaban J connectivity index is 1.51. The van der Waals surface area contributed by atoms with Gasteiger partial charge in [0.2, 0.25) is 11.8 Å². The molecule has 0 saturated carbocycles. The first-order valence-corrected chi connectivity index (χ1v) is 11.0. The number of hydrogen-bond donors (Lipinski definition) is 0. The second kappa shape index (κ2) is 8.62. The Morgan fingerprint density at radius 3 is 2.50 bits per heavy atom. The van der Waals surface area contributed by atoms with Gasteiger partial charge >= 0.3 is 0 Å². The Labute approximate surface area is 183 Å². The Kier molecular flexibility index (Phi) is 5.92. The quantitative estimate of drug-likeness (QED) is 0.667. The minimum Gasteiger partial charge on any atom is -0.286 e. The molecule has 0 bridgehead atoms. The highest BCUT2D eigenvalue weighted by Gasteiger charge is 2.29. The number of amidine groups is 1. The van der Waals surface area contributed by atoms with Crippen LogP contribution in [0.4, 0.5) is 5.69 Å². The number of amides is 3. The predicted molar refractivity (Wildman–Crippen MR) is 118 cm³/mol. The van der Waals surface area contributed by atoms with Crippen molar-refractivity contribution in [1.29, 1.82) is 0 Å². The van der Waals surface area contributed by atoms with Gasteiger partial charge < -0.3 is 0 Å². The zero-order valence-corrected chi connectivity index (χ0v) is 18.0. The van der Waals surface area contributed by atoms with E-state index in [0.717, 1.165) is 22.6 Å². The predicted octanol–water partition coefficient (Wildman–Crippen LogP) is 4.17. The summed E-state index contributed by atoms with van der Waals surface area (Å²) < 4.78 is 0. The normalized spacial score (nSPS) is 18.0. The third-order valence-electron chi connectivity index (χ3n) is 5.17. The summed E-state index contributed by atoms with van der Waals surface area (Å²) in [6, 6.07) is 12.6. The molecule has 2 aromatic rings. The number of halogens is 1. The summed E-state index contributed by atoms with van der Waals surface area (Å²) in [7, 11) is 0. The number of hydrogen-bond acceptors (Lipinski definition) is 5. The van der Waals surface area contributed by atoms with E-state index < -0.39 is 0 Å². The number of carbonyl (C=O) groups is 3. The summed E-state index contributed by atoms with van der Waals surface area (Å²) in [5.41, 5.74) is 2.98. The van der Waals surface area contributed by atoms with Gasteiger partial charge in [0.05, 0.1) is 12.2 Å². The topological polar surface area (TPSA) is 70.1 Å². The second-order valence-corrected chi connectivity index (χ2v) is 8.62. The van der Waals surface area contributed by atoms with Crippen LogP contribution in [0.15, 0.2) is 47.5 Å². The van der Waals surface area contributed by atoms with Gasteiger partial charge in [-0.1, -0.05) is 41.6 Å². The molecule has 0 aliphatic carbocycles. The fourth-order valence-electron chi connectivity index (χ4n) is 3.39. The van der Waals surface area contributed by atoms with E-state index in [4.69, 9.17) is 11.6 Å². The maximum absolute atomic E-state index is 13.0. The first-order valence-electron chi connectivity index (χ1n) is 9.64. The van der Waals surface area contributed by atoms with Crippen molar-refractivity contribution in [3.63, 3.8) is 0 Å². The molecule has 8 heteroatoms. The number of nitrogens with zero attached hydrogens (tertiary/aromatic N) is 3. The Hall–Kier alpha value is -2.64. The molecular formula is C22H20ClN3O3S. The van der Waals surface area contributed by atoms with Crippen LogP contribution in [0.3, 0.4) is 0 Å². The molecule has 0 N–H and O–H groups in total. The molecule has 0 spiro atoms. The van der Waals surface area contributed by atoms with Gasteiger partial charge in [-0.05, 0) is 42.3 Å². The molecule has 154 valence electrons. The molecule has 2 saturated heterocycles. The van der Waals surface area contributed by atoms with Crippen LogP contribution in [0.5, 0.6) is 0 Å². The summed E-state index contributed by atoms with van der Waals surface area (Å²) in [4.78, 5) is 44.2. The molecule has 2 aliphatic rings. The van der Waals surface area contributed by atoms with E-state index in [1.54, 1.807) is 29.2 Å². The van der Waals surface area contributed by atoms with Crippen LogP contribution in [0.2, 0.25) is 5.02 Å². The summed E-state index contributed by atoms with van der Waals surface area (Å²) in [5.74, 6) is 0.359. The van der Waals surface area contributed by atoms with E-state index >= 15 is 0 Å². The SMILES string of the molecule is Cc1c(Cl)cccc1N=C1SCCN1C(=O)c1ccc(CN2C(=O)CCC2=O)cc1. The van der Waals surface area contributed by atoms with E-state index in [1.165, 1.54) is 16.7 Å². The molecule has 0 unspecified atom stereocenters. The lowest BCUT2D eigenvalue weighted by atomic mass is 10.1. The van der Waals surface area contributed by atoms with Gasteiger partial charge in [0.15, 0.2) is 5.17 Å². The minimum atomic E-state index is -0.147. The second-order valence-electron chi connectivity index (χ2n) is 7.15. The van der Waals surface area contributed by atoms with Crippen molar-refractivity contribution in [2.75, 3.05) is 12.3 Å². The Bertz CT molecular complexity index is 1040. The van der Waals surface area contributed by atoms with E-state index in [2.05, 4.69) is 4.99 Å². The third-order valence-corrected chi connectivity index (χ3v) is 6.54. The van der Waals surface area contributed by atoms with Crippen LogP contribution in [-0.2, 0) is 16.1 Å². The maximum atomic E-state index is 13.0. The Morgan fingerprint density at radius 2 is 1.80 bits per heavy atom. The van der Waals surface area contributed by atoms with E-state index in [0.29, 0.717) is 22.3 Å². The van der Waals surface area contributed by atoms with Crippen molar-refractivity contribution in [3.05, 3.63) is 64.2 Å². The molecule has 0 atom stereocenters. The highest BCUT2D eigenvalue weighted by Crippen LogP contribution is 2.29. The fourth-order valence-corrected chi connectivity index (χ4v) is 4.51. The zero-order valence-electron chi connectivity index (χ0n) is 16.4. The Morgan fingerprint density at radius 1 is 1.10 bits per heavy atom. The number of thioether (sulfide) groups is 1. The van der Waals surface area contributed by atoms with Crippen LogP contribution in [-0.4, -0.2) is 45.0 Å². The lowest BCUT2D eigenvalue weighted by Crippen LogP contribution is -2.31. The van der Waals surface area contributed by atoms with Crippen molar-refractivity contribution in [3.8, 4) is 0 Å². The molecule has 0 radical (unpaired) electrons. The first-order chi connectivity index (χ1) is 14.4. The summed E-state index contributed by atoms with van der Waals surface area (Å²) in [5, 5.41) is 1.30. The van der Waals surface area contributed by atoms with Gasteiger partial charge in [0, 0.05) is 35.7 Å². The highest BCUT2D eigenvalue weighted by molar-refractivity contribution is 8.14. The molecule has 4 rings (SSSR count).